The lowest BCUT2D eigenvalue weighted by Crippen LogP contribution is -2.40. The number of hydrogen-bond acceptors (Lipinski definition) is 4. The first-order valence-corrected chi connectivity index (χ1v) is 8.78. The Bertz CT molecular complexity index is 658. The summed E-state index contributed by atoms with van der Waals surface area (Å²) in [6.07, 6.45) is 8.69. The minimum Gasteiger partial charge on any atom is -0.473 e. The standard InChI is InChI=1S/C17H18IN3O2/c18-15-4-2-1-3-14(15)17(22)21-12-5-7-13(8-6-12)23-16-11-19-9-10-20-16/h1-4,9-13H,5-8H2,(H,21,22). The monoisotopic (exact) mass is 423 g/mol. The van der Waals surface area contributed by atoms with Crippen molar-refractivity contribution in [1.29, 1.82) is 0 Å². The molecule has 0 spiro atoms. The number of amides is 1. The predicted octanol–water partition coefficient (Wildman–Crippen LogP) is 3.20. The van der Waals surface area contributed by atoms with Crippen LogP contribution in [0.2, 0.25) is 0 Å². The van der Waals surface area contributed by atoms with Gasteiger partial charge in [-0.1, -0.05) is 12.1 Å². The van der Waals surface area contributed by atoms with Crippen LogP contribution in [0.5, 0.6) is 5.88 Å². The van der Waals surface area contributed by atoms with Crippen LogP contribution in [0.3, 0.4) is 0 Å². The largest absolute Gasteiger partial charge is 0.473 e. The van der Waals surface area contributed by atoms with Crippen LogP contribution in [0.1, 0.15) is 36.0 Å². The summed E-state index contributed by atoms with van der Waals surface area (Å²) in [7, 11) is 0. The fourth-order valence-corrected chi connectivity index (χ4v) is 3.38. The summed E-state index contributed by atoms with van der Waals surface area (Å²) in [6, 6.07) is 7.84. The highest BCUT2D eigenvalue weighted by atomic mass is 127. The van der Waals surface area contributed by atoms with Gasteiger partial charge in [0, 0.05) is 22.0 Å². The maximum atomic E-state index is 12.3. The number of ether oxygens (including phenoxy) is 1. The molecule has 1 saturated carbocycles. The molecule has 1 aromatic heterocycles. The van der Waals surface area contributed by atoms with Crippen molar-refractivity contribution in [2.45, 2.75) is 37.8 Å². The van der Waals surface area contributed by atoms with E-state index in [0.717, 1.165) is 34.8 Å². The molecule has 0 saturated heterocycles. The fraction of sp³-hybridized carbons (Fsp3) is 0.353. The third kappa shape index (κ3) is 4.40. The average Bonchev–Trinajstić information content (AvgIpc) is 2.58. The molecule has 1 heterocycles. The molecular formula is C17H18IN3O2. The predicted molar refractivity (Wildman–Crippen MR) is 95.3 cm³/mol. The molecule has 2 aromatic rings. The summed E-state index contributed by atoms with van der Waals surface area (Å²) in [6.45, 7) is 0. The number of carbonyl (C=O) groups excluding carboxylic acids is 1. The fourth-order valence-electron chi connectivity index (χ4n) is 2.75. The number of halogens is 1. The van der Waals surface area contributed by atoms with Crippen LogP contribution < -0.4 is 10.1 Å². The SMILES string of the molecule is O=C(NC1CCC(Oc2cnccn2)CC1)c1ccccc1I. The minimum absolute atomic E-state index is 0.00768. The van der Waals surface area contributed by atoms with Crippen LogP contribution in [0.25, 0.3) is 0 Å². The van der Waals surface area contributed by atoms with Gasteiger partial charge >= 0.3 is 0 Å². The smallest absolute Gasteiger partial charge is 0.252 e. The first kappa shape index (κ1) is 16.2. The Kier molecular flexibility index (Phi) is 5.43. The van der Waals surface area contributed by atoms with Crippen LogP contribution in [-0.2, 0) is 0 Å². The topological polar surface area (TPSA) is 64.1 Å². The molecule has 1 amide bonds. The van der Waals surface area contributed by atoms with Gasteiger partial charge in [-0.15, -0.1) is 0 Å². The van der Waals surface area contributed by atoms with E-state index in [1.54, 1.807) is 18.6 Å². The number of benzene rings is 1. The van der Waals surface area contributed by atoms with Gasteiger partial charge in [0.1, 0.15) is 6.10 Å². The molecule has 3 rings (SSSR count). The molecule has 1 aliphatic rings. The number of nitrogens with one attached hydrogen (secondary N) is 1. The van der Waals surface area contributed by atoms with Crippen molar-refractivity contribution in [3.8, 4) is 5.88 Å². The van der Waals surface area contributed by atoms with Crippen molar-refractivity contribution in [3.63, 3.8) is 0 Å². The molecule has 0 bridgehead atoms. The Balaban J connectivity index is 1.49. The normalized spacial score (nSPS) is 20.7. The van der Waals surface area contributed by atoms with E-state index in [-0.39, 0.29) is 18.1 Å². The Morgan fingerprint density at radius 3 is 2.65 bits per heavy atom. The van der Waals surface area contributed by atoms with Crippen molar-refractivity contribution in [3.05, 3.63) is 52.0 Å². The van der Waals surface area contributed by atoms with Gasteiger partial charge in [-0.3, -0.25) is 9.78 Å². The second-order valence-corrected chi connectivity index (χ2v) is 6.75. The molecule has 5 nitrogen and oxygen atoms in total. The molecular weight excluding hydrogens is 405 g/mol. The Hall–Kier alpha value is -1.70. The van der Waals surface area contributed by atoms with Crippen molar-refractivity contribution >= 4 is 28.5 Å². The molecule has 0 aliphatic heterocycles. The molecule has 1 fully saturated rings. The van der Waals surface area contributed by atoms with E-state index in [0.29, 0.717) is 5.88 Å². The zero-order valence-electron chi connectivity index (χ0n) is 12.6. The van der Waals surface area contributed by atoms with Gasteiger partial charge in [0.25, 0.3) is 5.91 Å². The molecule has 1 N–H and O–H groups in total. The minimum atomic E-state index is 0.00768. The summed E-state index contributed by atoms with van der Waals surface area (Å²) >= 11 is 2.19. The Morgan fingerprint density at radius 1 is 1.17 bits per heavy atom. The number of rotatable bonds is 4. The van der Waals surface area contributed by atoms with Crippen molar-refractivity contribution in [2.24, 2.45) is 0 Å². The van der Waals surface area contributed by atoms with Crippen molar-refractivity contribution in [2.75, 3.05) is 0 Å². The first-order chi connectivity index (χ1) is 11.2. The van der Waals surface area contributed by atoms with Crippen molar-refractivity contribution < 1.29 is 9.53 Å². The molecule has 1 aliphatic carbocycles. The summed E-state index contributed by atoms with van der Waals surface area (Å²) < 4.78 is 6.80. The van der Waals surface area contributed by atoms with Gasteiger partial charge in [0.05, 0.1) is 11.8 Å². The quantitative estimate of drug-likeness (QED) is 0.768. The van der Waals surface area contributed by atoms with Gasteiger partial charge in [0.15, 0.2) is 0 Å². The number of aromatic nitrogens is 2. The van der Waals surface area contributed by atoms with Gasteiger partial charge < -0.3 is 10.1 Å². The summed E-state index contributed by atoms with van der Waals surface area (Å²) in [5.41, 5.74) is 0.742. The summed E-state index contributed by atoms with van der Waals surface area (Å²) in [5, 5.41) is 3.13. The van der Waals surface area contributed by atoms with Crippen LogP contribution in [0.4, 0.5) is 0 Å². The maximum Gasteiger partial charge on any atom is 0.252 e. The van der Waals surface area contributed by atoms with Crippen LogP contribution in [-0.4, -0.2) is 28.0 Å². The summed E-state index contributed by atoms with van der Waals surface area (Å²) in [5.74, 6) is 0.576. The third-order valence-electron chi connectivity index (χ3n) is 3.95. The van der Waals surface area contributed by atoms with E-state index in [1.807, 2.05) is 24.3 Å². The highest BCUT2D eigenvalue weighted by Gasteiger charge is 2.24. The summed E-state index contributed by atoms with van der Waals surface area (Å²) in [4.78, 5) is 20.5. The zero-order valence-corrected chi connectivity index (χ0v) is 14.8. The van der Waals surface area contributed by atoms with Gasteiger partial charge in [-0.05, 0) is 60.4 Å². The number of nitrogens with zero attached hydrogens (tertiary/aromatic N) is 2. The van der Waals surface area contributed by atoms with E-state index in [4.69, 9.17) is 4.74 Å². The Labute approximate surface area is 149 Å². The molecule has 0 atom stereocenters. The molecule has 0 unspecified atom stereocenters. The molecule has 1 aromatic carbocycles. The lowest BCUT2D eigenvalue weighted by Gasteiger charge is -2.29. The van der Waals surface area contributed by atoms with Gasteiger partial charge in [-0.2, -0.15) is 0 Å². The molecule has 23 heavy (non-hydrogen) atoms. The van der Waals surface area contributed by atoms with Gasteiger partial charge in [-0.25, -0.2) is 4.98 Å². The molecule has 120 valence electrons. The lowest BCUT2D eigenvalue weighted by atomic mass is 9.92. The zero-order chi connectivity index (χ0) is 16.1. The Morgan fingerprint density at radius 2 is 1.96 bits per heavy atom. The van der Waals surface area contributed by atoms with Crippen LogP contribution in [0.15, 0.2) is 42.9 Å². The number of hydrogen-bond donors (Lipinski definition) is 1. The third-order valence-corrected chi connectivity index (χ3v) is 4.90. The molecule has 6 heteroatoms. The average molecular weight is 423 g/mol. The highest BCUT2D eigenvalue weighted by Crippen LogP contribution is 2.23. The van der Waals surface area contributed by atoms with E-state index < -0.39 is 0 Å². The lowest BCUT2D eigenvalue weighted by molar-refractivity contribution is 0.0889. The van der Waals surface area contributed by atoms with E-state index >= 15 is 0 Å². The van der Waals surface area contributed by atoms with Crippen LogP contribution in [0, 0.1) is 3.57 Å². The van der Waals surface area contributed by atoms with Crippen molar-refractivity contribution in [1.82, 2.24) is 15.3 Å². The second kappa shape index (κ2) is 7.72. The van der Waals surface area contributed by atoms with Gasteiger partial charge in [0.2, 0.25) is 5.88 Å². The van der Waals surface area contributed by atoms with Crippen LogP contribution >= 0.6 is 22.6 Å². The van der Waals surface area contributed by atoms with E-state index in [1.165, 1.54) is 0 Å². The highest BCUT2D eigenvalue weighted by molar-refractivity contribution is 14.1. The number of carbonyl (C=O) groups is 1. The maximum absolute atomic E-state index is 12.3. The molecule has 0 radical (unpaired) electrons. The van der Waals surface area contributed by atoms with E-state index in [9.17, 15) is 4.79 Å². The second-order valence-electron chi connectivity index (χ2n) is 5.59. The van der Waals surface area contributed by atoms with E-state index in [2.05, 4.69) is 37.9 Å². The first-order valence-electron chi connectivity index (χ1n) is 7.70.